The second-order valence-corrected chi connectivity index (χ2v) is 7.69. The van der Waals surface area contributed by atoms with Crippen molar-refractivity contribution in [2.45, 2.75) is 71.4 Å². The Labute approximate surface area is 127 Å². The highest BCUT2D eigenvalue weighted by Crippen LogP contribution is 2.36. The van der Waals surface area contributed by atoms with E-state index >= 15 is 0 Å². The summed E-state index contributed by atoms with van der Waals surface area (Å²) < 4.78 is 18.0. The third kappa shape index (κ3) is 2.63. The fourth-order valence-corrected chi connectivity index (χ4v) is 2.68. The number of rotatable bonds is 1. The minimum Gasteiger partial charge on any atom is -0.399 e. The SMILES string of the molecule is CC1(C)Cc2ncc(B3OC(C)(C)C(C)(C)O3)cc2CO1. The van der Waals surface area contributed by atoms with E-state index in [9.17, 15) is 0 Å². The number of fused-ring (bicyclic) bond motifs is 1. The maximum atomic E-state index is 6.08. The molecule has 1 aromatic rings. The number of nitrogens with zero attached hydrogens (tertiary/aromatic N) is 1. The molecule has 2 aliphatic rings. The van der Waals surface area contributed by atoms with Crippen molar-refractivity contribution in [3.8, 4) is 0 Å². The summed E-state index contributed by atoms with van der Waals surface area (Å²) in [5.74, 6) is 0. The Morgan fingerprint density at radius 3 is 2.29 bits per heavy atom. The molecule has 0 radical (unpaired) electrons. The van der Waals surface area contributed by atoms with E-state index in [0.717, 1.165) is 23.1 Å². The quantitative estimate of drug-likeness (QED) is 0.743. The number of ether oxygens (including phenoxy) is 1. The molecular formula is C16H24BNO3. The molecule has 0 N–H and O–H groups in total. The Morgan fingerprint density at radius 2 is 1.67 bits per heavy atom. The van der Waals surface area contributed by atoms with E-state index < -0.39 is 0 Å². The fourth-order valence-electron chi connectivity index (χ4n) is 2.68. The van der Waals surface area contributed by atoms with Gasteiger partial charge in [0, 0.05) is 23.8 Å². The van der Waals surface area contributed by atoms with Crippen LogP contribution in [0.4, 0.5) is 0 Å². The molecule has 2 aliphatic heterocycles. The lowest BCUT2D eigenvalue weighted by molar-refractivity contribution is -0.0412. The zero-order valence-corrected chi connectivity index (χ0v) is 13.8. The van der Waals surface area contributed by atoms with Gasteiger partial charge in [-0.05, 0) is 47.1 Å². The molecular weight excluding hydrogens is 265 g/mol. The fraction of sp³-hybridized carbons (Fsp3) is 0.688. The van der Waals surface area contributed by atoms with Crippen molar-refractivity contribution in [1.82, 2.24) is 4.98 Å². The first kappa shape index (κ1) is 15.0. The Morgan fingerprint density at radius 1 is 1.05 bits per heavy atom. The van der Waals surface area contributed by atoms with Gasteiger partial charge in [0.25, 0.3) is 0 Å². The van der Waals surface area contributed by atoms with Gasteiger partial charge in [0.05, 0.1) is 23.4 Å². The van der Waals surface area contributed by atoms with Crippen LogP contribution in [0.25, 0.3) is 0 Å². The minimum atomic E-state index is -0.359. The second kappa shape index (κ2) is 4.54. The molecule has 0 aromatic carbocycles. The summed E-state index contributed by atoms with van der Waals surface area (Å²) in [5, 5.41) is 0. The molecule has 0 bridgehead atoms. The van der Waals surface area contributed by atoms with Gasteiger partial charge in [-0.2, -0.15) is 0 Å². The third-order valence-electron chi connectivity index (χ3n) is 4.82. The monoisotopic (exact) mass is 289 g/mol. The lowest BCUT2D eigenvalue weighted by Gasteiger charge is -2.32. The van der Waals surface area contributed by atoms with Gasteiger partial charge >= 0.3 is 7.12 Å². The van der Waals surface area contributed by atoms with Crippen molar-refractivity contribution in [3.05, 3.63) is 23.5 Å². The van der Waals surface area contributed by atoms with Gasteiger partial charge in [0.15, 0.2) is 0 Å². The predicted octanol–water partition coefficient (Wildman–Crippen LogP) is 2.23. The first-order valence-corrected chi connectivity index (χ1v) is 7.57. The topological polar surface area (TPSA) is 40.6 Å². The highest BCUT2D eigenvalue weighted by atomic mass is 16.7. The van der Waals surface area contributed by atoms with Crippen molar-refractivity contribution in [1.29, 1.82) is 0 Å². The highest BCUT2D eigenvalue weighted by Gasteiger charge is 2.52. The molecule has 0 spiro atoms. The zero-order chi connectivity index (χ0) is 15.5. The van der Waals surface area contributed by atoms with E-state index in [-0.39, 0.29) is 23.9 Å². The maximum absolute atomic E-state index is 6.08. The number of hydrogen-bond acceptors (Lipinski definition) is 4. The Kier molecular flexibility index (Phi) is 3.25. The van der Waals surface area contributed by atoms with Crippen LogP contribution in [0.2, 0.25) is 0 Å². The lowest BCUT2D eigenvalue weighted by Crippen LogP contribution is -2.41. The summed E-state index contributed by atoms with van der Waals surface area (Å²) in [6.07, 6.45) is 2.72. The molecule has 0 atom stereocenters. The Hall–Kier alpha value is -0.905. The van der Waals surface area contributed by atoms with Crippen molar-refractivity contribution >= 4 is 12.6 Å². The van der Waals surface area contributed by atoms with Crippen molar-refractivity contribution in [3.63, 3.8) is 0 Å². The molecule has 114 valence electrons. The van der Waals surface area contributed by atoms with Gasteiger partial charge in [-0.1, -0.05) is 6.07 Å². The summed E-state index contributed by atoms with van der Waals surface area (Å²) >= 11 is 0. The van der Waals surface area contributed by atoms with Crippen LogP contribution in [0.3, 0.4) is 0 Å². The molecule has 5 heteroatoms. The summed E-state index contributed by atoms with van der Waals surface area (Å²) in [5.41, 5.74) is 2.44. The normalized spacial score (nSPS) is 25.7. The van der Waals surface area contributed by atoms with E-state index in [4.69, 9.17) is 14.0 Å². The van der Waals surface area contributed by atoms with Crippen molar-refractivity contribution in [2.24, 2.45) is 0 Å². The summed E-state index contributed by atoms with van der Waals surface area (Å²) in [6.45, 7) is 13.0. The smallest absolute Gasteiger partial charge is 0.399 e. The van der Waals surface area contributed by atoms with Gasteiger partial charge < -0.3 is 14.0 Å². The Bertz CT molecular complexity index is 553. The van der Waals surface area contributed by atoms with Crippen LogP contribution < -0.4 is 5.46 Å². The van der Waals surface area contributed by atoms with Crippen LogP contribution in [0.5, 0.6) is 0 Å². The average molecular weight is 289 g/mol. The van der Waals surface area contributed by atoms with Crippen molar-refractivity contribution in [2.75, 3.05) is 0 Å². The molecule has 21 heavy (non-hydrogen) atoms. The first-order chi connectivity index (χ1) is 9.60. The largest absolute Gasteiger partial charge is 0.496 e. The van der Waals surface area contributed by atoms with Gasteiger partial charge in [-0.3, -0.25) is 4.98 Å². The molecule has 3 rings (SSSR count). The highest BCUT2D eigenvalue weighted by molar-refractivity contribution is 6.62. The zero-order valence-electron chi connectivity index (χ0n) is 13.8. The van der Waals surface area contributed by atoms with Crippen molar-refractivity contribution < 1.29 is 14.0 Å². The molecule has 1 fully saturated rings. The van der Waals surface area contributed by atoms with Crippen LogP contribution in [0.1, 0.15) is 52.8 Å². The van der Waals surface area contributed by atoms with E-state index in [1.54, 1.807) is 0 Å². The summed E-state index contributed by atoms with van der Waals surface area (Å²) in [4.78, 5) is 4.61. The third-order valence-corrected chi connectivity index (χ3v) is 4.82. The lowest BCUT2D eigenvalue weighted by atomic mass is 9.79. The molecule has 0 saturated carbocycles. The summed E-state index contributed by atoms with van der Waals surface area (Å²) in [7, 11) is -0.359. The summed E-state index contributed by atoms with van der Waals surface area (Å²) in [6, 6.07) is 2.11. The maximum Gasteiger partial charge on any atom is 0.496 e. The van der Waals surface area contributed by atoms with Crippen LogP contribution in [0, 0.1) is 0 Å². The van der Waals surface area contributed by atoms with Crippen LogP contribution in [-0.2, 0) is 27.1 Å². The van der Waals surface area contributed by atoms with Crippen LogP contribution in [-0.4, -0.2) is 28.9 Å². The average Bonchev–Trinajstić information content (AvgIpc) is 2.57. The molecule has 0 amide bonds. The predicted molar refractivity (Wildman–Crippen MR) is 82.5 cm³/mol. The van der Waals surface area contributed by atoms with E-state index in [1.807, 2.05) is 6.20 Å². The number of hydrogen-bond donors (Lipinski definition) is 0. The molecule has 0 aliphatic carbocycles. The van der Waals surface area contributed by atoms with E-state index in [2.05, 4.69) is 52.6 Å². The molecule has 4 nitrogen and oxygen atoms in total. The van der Waals surface area contributed by atoms with Gasteiger partial charge in [-0.15, -0.1) is 0 Å². The van der Waals surface area contributed by atoms with Gasteiger partial charge in [0.1, 0.15) is 0 Å². The molecule has 1 aromatic heterocycles. The minimum absolute atomic E-state index is 0.133. The number of pyridine rings is 1. The van der Waals surface area contributed by atoms with E-state index in [1.165, 1.54) is 0 Å². The first-order valence-electron chi connectivity index (χ1n) is 7.57. The van der Waals surface area contributed by atoms with Crippen LogP contribution in [0.15, 0.2) is 12.3 Å². The Balaban J connectivity index is 1.86. The van der Waals surface area contributed by atoms with Gasteiger partial charge in [0.2, 0.25) is 0 Å². The number of aromatic nitrogens is 1. The standard InChI is InChI=1S/C16H24BNO3/c1-14(2)8-13-11(10-19-14)7-12(9-18-13)17-20-15(3,4)16(5,6)21-17/h7,9H,8,10H2,1-6H3. The molecule has 0 unspecified atom stereocenters. The van der Waals surface area contributed by atoms with E-state index in [0.29, 0.717) is 6.61 Å². The van der Waals surface area contributed by atoms with Gasteiger partial charge in [-0.25, -0.2) is 0 Å². The molecule has 1 saturated heterocycles. The van der Waals surface area contributed by atoms with Crippen LogP contribution >= 0.6 is 0 Å². The molecule has 3 heterocycles. The second-order valence-electron chi connectivity index (χ2n) is 7.69.